The van der Waals surface area contributed by atoms with Gasteiger partial charge >= 0.3 is 0 Å². The van der Waals surface area contributed by atoms with E-state index in [9.17, 15) is 0 Å². The van der Waals surface area contributed by atoms with E-state index in [2.05, 4.69) is 45.7 Å². The van der Waals surface area contributed by atoms with Crippen molar-refractivity contribution in [3.63, 3.8) is 0 Å². The maximum Gasteiger partial charge on any atom is 0.121 e. The average molecular weight is 245 g/mol. The summed E-state index contributed by atoms with van der Waals surface area (Å²) < 4.78 is 0. The molecule has 0 aliphatic carbocycles. The summed E-state index contributed by atoms with van der Waals surface area (Å²) in [5.41, 5.74) is 4.19. The van der Waals surface area contributed by atoms with Crippen molar-refractivity contribution in [2.75, 3.05) is 0 Å². The minimum Gasteiger partial charge on any atom is -0.257 e. The van der Waals surface area contributed by atoms with Crippen molar-refractivity contribution in [2.45, 2.75) is 0 Å². The fourth-order valence-corrected chi connectivity index (χ4v) is 2.52. The van der Waals surface area contributed by atoms with Crippen LogP contribution in [0.4, 0.5) is 0 Å². The smallest absolute Gasteiger partial charge is 0.121 e. The average Bonchev–Trinajstić information content (AvgIpc) is 2.97. The van der Waals surface area contributed by atoms with Crippen LogP contribution in [-0.2, 0) is 0 Å². The first kappa shape index (κ1) is 10.3. The molecule has 0 atom stereocenters. The lowest BCUT2D eigenvalue weighted by molar-refractivity contribution is 0.960. The fourth-order valence-electron chi connectivity index (χ4n) is 2.52. The monoisotopic (exact) mass is 245 g/mol. The normalized spacial score (nSPS) is 11.2. The van der Waals surface area contributed by atoms with Crippen molar-refractivity contribution in [1.82, 2.24) is 15.4 Å². The van der Waals surface area contributed by atoms with E-state index in [-0.39, 0.29) is 0 Å². The lowest BCUT2D eigenvalue weighted by atomic mass is 9.99. The Morgan fingerprint density at radius 1 is 0.842 bits per heavy atom. The number of nitrogens with one attached hydrogen (secondary N) is 1. The van der Waals surface area contributed by atoms with Crippen LogP contribution in [0.15, 0.2) is 60.7 Å². The summed E-state index contributed by atoms with van der Waals surface area (Å²) in [6.07, 6.45) is 0. The van der Waals surface area contributed by atoms with Crippen LogP contribution in [0, 0.1) is 0 Å². The van der Waals surface area contributed by atoms with Crippen LogP contribution in [-0.4, -0.2) is 15.4 Å². The van der Waals surface area contributed by atoms with Gasteiger partial charge in [-0.25, -0.2) is 0 Å². The summed E-state index contributed by atoms with van der Waals surface area (Å²) in [6.45, 7) is 0. The number of hydrogen-bond donors (Lipinski definition) is 1. The van der Waals surface area contributed by atoms with Crippen LogP contribution in [0.2, 0.25) is 0 Å². The summed E-state index contributed by atoms with van der Waals surface area (Å²) >= 11 is 0. The Balaban J connectivity index is 2.17. The predicted molar refractivity (Wildman–Crippen MR) is 76.8 cm³/mol. The molecule has 4 rings (SSSR count). The van der Waals surface area contributed by atoms with E-state index in [1.54, 1.807) is 0 Å². The number of H-pyrrole nitrogens is 1. The predicted octanol–water partition coefficient (Wildman–Crippen LogP) is 3.78. The number of aromatic amines is 1. The van der Waals surface area contributed by atoms with Gasteiger partial charge in [0, 0.05) is 10.9 Å². The second kappa shape index (κ2) is 3.92. The van der Waals surface area contributed by atoms with Crippen LogP contribution in [0.3, 0.4) is 0 Å². The van der Waals surface area contributed by atoms with Crippen molar-refractivity contribution >= 4 is 21.8 Å². The van der Waals surface area contributed by atoms with Gasteiger partial charge in [0.25, 0.3) is 0 Å². The molecule has 90 valence electrons. The molecule has 3 nitrogen and oxygen atoms in total. The Hall–Kier alpha value is -2.68. The largest absolute Gasteiger partial charge is 0.257 e. The molecule has 0 spiro atoms. The Bertz CT molecular complexity index is 863. The summed E-state index contributed by atoms with van der Waals surface area (Å²) in [5, 5.41) is 13.6. The summed E-state index contributed by atoms with van der Waals surface area (Å²) in [6, 6.07) is 20.7. The quantitative estimate of drug-likeness (QED) is 0.554. The Morgan fingerprint density at radius 2 is 1.63 bits per heavy atom. The molecule has 0 radical (unpaired) electrons. The summed E-state index contributed by atoms with van der Waals surface area (Å²) in [4.78, 5) is 0. The van der Waals surface area contributed by atoms with E-state index in [1.165, 1.54) is 5.39 Å². The Kier molecular flexibility index (Phi) is 2.12. The van der Waals surface area contributed by atoms with E-state index >= 15 is 0 Å². The molecule has 0 saturated carbocycles. The second-order valence-corrected chi connectivity index (χ2v) is 4.55. The van der Waals surface area contributed by atoms with Crippen LogP contribution < -0.4 is 0 Å². The summed E-state index contributed by atoms with van der Waals surface area (Å²) in [5.74, 6) is 0. The zero-order valence-corrected chi connectivity index (χ0v) is 10.2. The van der Waals surface area contributed by atoms with Crippen molar-refractivity contribution in [3.05, 3.63) is 60.7 Å². The highest BCUT2D eigenvalue weighted by molar-refractivity contribution is 6.10. The Morgan fingerprint density at radius 3 is 2.53 bits per heavy atom. The van der Waals surface area contributed by atoms with Crippen molar-refractivity contribution in [3.8, 4) is 11.1 Å². The molecule has 0 saturated heterocycles. The van der Waals surface area contributed by atoms with Gasteiger partial charge in [-0.3, -0.25) is 5.10 Å². The van der Waals surface area contributed by atoms with Crippen LogP contribution in [0.5, 0.6) is 0 Å². The van der Waals surface area contributed by atoms with E-state index in [0.717, 1.165) is 27.5 Å². The third kappa shape index (κ3) is 1.52. The van der Waals surface area contributed by atoms with Gasteiger partial charge in [0.2, 0.25) is 0 Å². The topological polar surface area (TPSA) is 41.6 Å². The molecule has 4 aromatic rings. The maximum atomic E-state index is 4.24. The highest BCUT2D eigenvalue weighted by atomic mass is 15.3. The van der Waals surface area contributed by atoms with Crippen molar-refractivity contribution < 1.29 is 0 Å². The van der Waals surface area contributed by atoms with E-state index in [4.69, 9.17) is 0 Å². The summed E-state index contributed by atoms with van der Waals surface area (Å²) in [7, 11) is 0. The standard InChI is InChI=1S/C16H11N3/c1-2-6-11(7-3-1)14-10-12-8-4-5-9-13(12)15-16(14)18-19-17-15/h1-10H,(H,17,18,19). The lowest BCUT2D eigenvalue weighted by Gasteiger charge is -2.05. The van der Waals surface area contributed by atoms with Crippen LogP contribution >= 0.6 is 0 Å². The molecule has 0 aliphatic rings. The van der Waals surface area contributed by atoms with Crippen molar-refractivity contribution in [2.24, 2.45) is 0 Å². The van der Waals surface area contributed by atoms with Gasteiger partial charge in [0.15, 0.2) is 0 Å². The molecule has 0 bridgehead atoms. The molecular formula is C16H11N3. The maximum absolute atomic E-state index is 4.24. The number of hydrogen-bond acceptors (Lipinski definition) is 2. The third-order valence-electron chi connectivity index (χ3n) is 3.42. The lowest BCUT2D eigenvalue weighted by Crippen LogP contribution is -1.83. The van der Waals surface area contributed by atoms with Gasteiger partial charge in [-0.05, 0) is 17.0 Å². The number of benzene rings is 3. The highest BCUT2D eigenvalue weighted by Gasteiger charge is 2.10. The second-order valence-electron chi connectivity index (χ2n) is 4.55. The molecule has 0 aliphatic heterocycles. The molecule has 0 fully saturated rings. The number of nitrogens with zero attached hydrogens (tertiary/aromatic N) is 2. The van der Waals surface area contributed by atoms with E-state index in [1.807, 2.05) is 30.3 Å². The third-order valence-corrected chi connectivity index (χ3v) is 3.42. The molecule has 3 aromatic carbocycles. The first-order valence-corrected chi connectivity index (χ1v) is 6.21. The fraction of sp³-hybridized carbons (Fsp3) is 0. The first-order valence-electron chi connectivity index (χ1n) is 6.21. The Labute approximate surface area is 109 Å². The number of aromatic nitrogens is 3. The molecule has 0 unspecified atom stereocenters. The molecule has 3 heteroatoms. The van der Waals surface area contributed by atoms with Gasteiger partial charge in [-0.1, -0.05) is 59.8 Å². The number of fused-ring (bicyclic) bond motifs is 3. The molecular weight excluding hydrogens is 234 g/mol. The minimum atomic E-state index is 0.921. The number of rotatable bonds is 1. The van der Waals surface area contributed by atoms with Gasteiger partial charge in [0.05, 0.1) is 5.52 Å². The minimum absolute atomic E-state index is 0.921. The zero-order chi connectivity index (χ0) is 12.7. The molecule has 0 amide bonds. The van der Waals surface area contributed by atoms with Gasteiger partial charge in [-0.2, -0.15) is 0 Å². The molecule has 1 N–H and O–H groups in total. The molecule has 19 heavy (non-hydrogen) atoms. The van der Waals surface area contributed by atoms with Crippen LogP contribution in [0.1, 0.15) is 0 Å². The molecule has 1 heterocycles. The van der Waals surface area contributed by atoms with E-state index in [0.29, 0.717) is 0 Å². The van der Waals surface area contributed by atoms with Gasteiger partial charge < -0.3 is 0 Å². The van der Waals surface area contributed by atoms with Crippen molar-refractivity contribution in [1.29, 1.82) is 0 Å². The SMILES string of the molecule is c1ccc(-c2cc3ccccc3c3[nH]nnc23)cc1. The zero-order valence-electron chi connectivity index (χ0n) is 10.2. The molecule has 1 aromatic heterocycles. The highest BCUT2D eigenvalue weighted by Crippen LogP contribution is 2.32. The van der Waals surface area contributed by atoms with E-state index < -0.39 is 0 Å². The van der Waals surface area contributed by atoms with Gasteiger partial charge in [0.1, 0.15) is 5.52 Å². The van der Waals surface area contributed by atoms with Crippen LogP contribution in [0.25, 0.3) is 32.9 Å². The first-order chi connectivity index (χ1) is 9.43. The van der Waals surface area contributed by atoms with Gasteiger partial charge in [-0.15, -0.1) is 5.10 Å².